The molecule has 0 atom stereocenters. The highest BCUT2D eigenvalue weighted by molar-refractivity contribution is 6.33. The van der Waals surface area contributed by atoms with Crippen LogP contribution in [0.3, 0.4) is 0 Å². The molecule has 0 spiro atoms. The molecule has 1 amide bonds. The minimum absolute atomic E-state index is 0.0594. The van der Waals surface area contributed by atoms with Gasteiger partial charge in [0, 0.05) is 6.20 Å². The number of hydrogen-bond acceptors (Lipinski definition) is 3. The van der Waals surface area contributed by atoms with Crippen molar-refractivity contribution in [2.24, 2.45) is 0 Å². The molecule has 2 rings (SSSR count). The summed E-state index contributed by atoms with van der Waals surface area (Å²) in [5.41, 5.74) is -1.68. The second-order valence-corrected chi connectivity index (χ2v) is 6.22. The Bertz CT molecular complexity index is 769. The summed E-state index contributed by atoms with van der Waals surface area (Å²) in [6.07, 6.45) is -3.82. The number of carbonyl (C=O) groups excluding carboxylic acids is 1. The van der Waals surface area contributed by atoms with E-state index in [2.05, 4.69) is 10.3 Å². The minimum atomic E-state index is -4.60. The smallest absolute Gasteiger partial charge is 0.394 e. The summed E-state index contributed by atoms with van der Waals surface area (Å²) in [6.45, 7) is 4.33. The van der Waals surface area contributed by atoms with Crippen LogP contribution in [0.4, 0.5) is 13.2 Å². The van der Waals surface area contributed by atoms with Crippen molar-refractivity contribution in [1.29, 1.82) is 0 Å². The van der Waals surface area contributed by atoms with Crippen LogP contribution < -0.4 is 5.32 Å². The van der Waals surface area contributed by atoms with Gasteiger partial charge in [-0.2, -0.15) is 13.2 Å². The molecule has 23 heavy (non-hydrogen) atoms. The lowest BCUT2D eigenvalue weighted by molar-refractivity contribution is -0.137. The Morgan fingerprint density at radius 3 is 2.57 bits per heavy atom. The number of amides is 1. The molecule has 0 unspecified atom stereocenters. The molecule has 2 N–H and O–H groups in total. The third-order valence-electron chi connectivity index (χ3n) is 3.24. The van der Waals surface area contributed by atoms with E-state index in [0.29, 0.717) is 0 Å². The molecule has 0 saturated carbocycles. The molecule has 2 heterocycles. The lowest BCUT2D eigenvalue weighted by Gasteiger charge is -2.23. The summed E-state index contributed by atoms with van der Waals surface area (Å²) in [7, 11) is 0. The Labute approximate surface area is 135 Å². The third-order valence-corrected chi connectivity index (χ3v) is 3.52. The molecule has 2 aromatic heterocycles. The fourth-order valence-electron chi connectivity index (χ4n) is 2.05. The predicted molar refractivity (Wildman–Crippen MR) is 78.6 cm³/mol. The van der Waals surface area contributed by atoms with Crippen molar-refractivity contribution < 1.29 is 23.1 Å². The highest BCUT2D eigenvalue weighted by Gasteiger charge is 2.33. The zero-order valence-electron chi connectivity index (χ0n) is 12.6. The summed E-state index contributed by atoms with van der Waals surface area (Å²) in [5.74, 6) is -0.649. The SMILES string of the molecule is Cc1nc2c(Cl)cc(C(F)(F)F)cn2c1C(=O)NC(C)(C)CO. The van der Waals surface area contributed by atoms with Crippen molar-refractivity contribution in [3.63, 3.8) is 0 Å². The van der Waals surface area contributed by atoms with E-state index in [9.17, 15) is 23.1 Å². The molecular formula is C14H15ClF3N3O2. The number of carbonyl (C=O) groups is 1. The van der Waals surface area contributed by atoms with Crippen LogP contribution in [0.1, 0.15) is 35.6 Å². The maximum Gasteiger partial charge on any atom is 0.417 e. The van der Waals surface area contributed by atoms with Gasteiger partial charge in [-0.25, -0.2) is 4.98 Å². The molecule has 0 aliphatic carbocycles. The van der Waals surface area contributed by atoms with Gasteiger partial charge in [0.1, 0.15) is 5.69 Å². The van der Waals surface area contributed by atoms with Crippen LogP contribution in [-0.2, 0) is 6.18 Å². The first kappa shape index (κ1) is 17.6. The number of aryl methyl sites for hydroxylation is 1. The Kier molecular flexibility index (Phi) is 4.34. The van der Waals surface area contributed by atoms with E-state index in [1.807, 2.05) is 0 Å². The van der Waals surface area contributed by atoms with Crippen molar-refractivity contribution in [2.75, 3.05) is 6.61 Å². The number of hydrogen-bond donors (Lipinski definition) is 2. The molecule has 2 aromatic rings. The van der Waals surface area contributed by atoms with Crippen LogP contribution in [0, 0.1) is 6.92 Å². The fraction of sp³-hybridized carbons (Fsp3) is 0.429. The number of nitrogens with zero attached hydrogens (tertiary/aromatic N) is 2. The lowest BCUT2D eigenvalue weighted by Crippen LogP contribution is -2.46. The van der Waals surface area contributed by atoms with Gasteiger partial charge in [0.2, 0.25) is 0 Å². The van der Waals surface area contributed by atoms with Gasteiger partial charge in [-0.3, -0.25) is 9.20 Å². The number of imidazole rings is 1. The van der Waals surface area contributed by atoms with Crippen LogP contribution in [0.5, 0.6) is 0 Å². The summed E-state index contributed by atoms with van der Waals surface area (Å²) in [6, 6.07) is 0.767. The number of pyridine rings is 1. The molecule has 0 radical (unpaired) electrons. The van der Waals surface area contributed by atoms with Crippen molar-refractivity contribution in [2.45, 2.75) is 32.5 Å². The Morgan fingerprint density at radius 1 is 1.43 bits per heavy atom. The van der Waals surface area contributed by atoms with Gasteiger partial charge in [-0.15, -0.1) is 0 Å². The van der Waals surface area contributed by atoms with Crippen LogP contribution in [0.2, 0.25) is 5.02 Å². The summed E-state index contributed by atoms with van der Waals surface area (Å²) in [4.78, 5) is 16.4. The second kappa shape index (κ2) is 5.68. The molecule has 0 aliphatic rings. The normalized spacial score (nSPS) is 12.7. The first-order valence-electron chi connectivity index (χ1n) is 6.65. The molecule has 9 heteroatoms. The summed E-state index contributed by atoms with van der Waals surface area (Å²) < 4.78 is 39.8. The van der Waals surface area contributed by atoms with Gasteiger partial charge in [0.05, 0.1) is 28.4 Å². The summed E-state index contributed by atoms with van der Waals surface area (Å²) >= 11 is 5.86. The van der Waals surface area contributed by atoms with E-state index in [4.69, 9.17) is 11.6 Å². The number of rotatable bonds is 3. The second-order valence-electron chi connectivity index (χ2n) is 5.81. The van der Waals surface area contributed by atoms with Gasteiger partial charge in [-0.05, 0) is 26.8 Å². The van der Waals surface area contributed by atoms with E-state index in [1.165, 1.54) is 6.92 Å². The van der Waals surface area contributed by atoms with Gasteiger partial charge in [-0.1, -0.05) is 11.6 Å². The van der Waals surface area contributed by atoms with Crippen LogP contribution in [0.25, 0.3) is 5.65 Å². The molecule has 5 nitrogen and oxygen atoms in total. The molecule has 126 valence electrons. The molecule has 0 aromatic carbocycles. The fourth-order valence-corrected chi connectivity index (χ4v) is 2.30. The van der Waals surface area contributed by atoms with Gasteiger partial charge in [0.15, 0.2) is 5.65 Å². The summed E-state index contributed by atoms with van der Waals surface area (Å²) in [5, 5.41) is 11.6. The van der Waals surface area contributed by atoms with Gasteiger partial charge in [0.25, 0.3) is 5.91 Å². The van der Waals surface area contributed by atoms with E-state index < -0.39 is 23.2 Å². The van der Waals surface area contributed by atoms with Crippen LogP contribution in [-0.4, -0.2) is 32.5 Å². The molecule has 0 aliphatic heterocycles. The topological polar surface area (TPSA) is 66.6 Å². The highest BCUT2D eigenvalue weighted by atomic mass is 35.5. The zero-order chi connectivity index (χ0) is 17.6. The number of fused-ring (bicyclic) bond motifs is 1. The van der Waals surface area contributed by atoms with Crippen molar-refractivity contribution in [3.8, 4) is 0 Å². The van der Waals surface area contributed by atoms with Gasteiger partial charge < -0.3 is 10.4 Å². The van der Waals surface area contributed by atoms with Crippen LogP contribution in [0.15, 0.2) is 12.3 Å². The highest BCUT2D eigenvalue weighted by Crippen LogP contribution is 2.33. The zero-order valence-corrected chi connectivity index (χ0v) is 13.4. The van der Waals surface area contributed by atoms with E-state index >= 15 is 0 Å². The van der Waals surface area contributed by atoms with Crippen molar-refractivity contribution in [1.82, 2.24) is 14.7 Å². The van der Waals surface area contributed by atoms with E-state index in [-0.39, 0.29) is 28.7 Å². The first-order chi connectivity index (χ1) is 10.5. The number of aliphatic hydroxyl groups is 1. The third kappa shape index (κ3) is 3.42. The number of aliphatic hydroxyl groups excluding tert-OH is 1. The molecule has 0 saturated heterocycles. The minimum Gasteiger partial charge on any atom is -0.394 e. The Hall–Kier alpha value is -1.80. The Morgan fingerprint density at radius 2 is 2.04 bits per heavy atom. The monoisotopic (exact) mass is 349 g/mol. The Balaban J connectivity index is 2.62. The standard InChI is InChI=1S/C14H15ClF3N3O2/c1-7-10(12(23)20-13(2,3)6-22)21-5-8(14(16,17)18)4-9(15)11(21)19-7/h4-5,22H,6H2,1-3H3,(H,20,23). The number of aromatic nitrogens is 2. The molecular weight excluding hydrogens is 335 g/mol. The predicted octanol–water partition coefficient (Wildman–Crippen LogP) is 2.82. The van der Waals surface area contributed by atoms with Gasteiger partial charge >= 0.3 is 6.18 Å². The number of nitrogens with one attached hydrogen (secondary N) is 1. The average molecular weight is 350 g/mol. The van der Waals surface area contributed by atoms with Crippen LogP contribution >= 0.6 is 11.6 Å². The molecule has 0 fully saturated rings. The van der Waals surface area contributed by atoms with E-state index in [0.717, 1.165) is 16.7 Å². The van der Waals surface area contributed by atoms with E-state index in [1.54, 1.807) is 13.8 Å². The van der Waals surface area contributed by atoms with Crippen molar-refractivity contribution in [3.05, 3.63) is 34.2 Å². The maximum atomic E-state index is 12.9. The van der Waals surface area contributed by atoms with Crippen molar-refractivity contribution >= 4 is 23.2 Å². The first-order valence-corrected chi connectivity index (χ1v) is 7.03. The molecule has 0 bridgehead atoms. The number of halogens is 4. The largest absolute Gasteiger partial charge is 0.417 e. The average Bonchev–Trinajstić information content (AvgIpc) is 2.74. The quantitative estimate of drug-likeness (QED) is 0.895. The number of alkyl halides is 3. The maximum absolute atomic E-state index is 12.9. The lowest BCUT2D eigenvalue weighted by atomic mass is 10.1.